The van der Waals surface area contributed by atoms with Crippen molar-refractivity contribution >= 4 is 42.1 Å². The van der Waals surface area contributed by atoms with Crippen LogP contribution in [0, 0.1) is 5.82 Å². The van der Waals surface area contributed by atoms with E-state index >= 15 is 0 Å². The Morgan fingerprint density at radius 1 is 1.31 bits per heavy atom. The van der Waals surface area contributed by atoms with Gasteiger partial charge in [0.05, 0.1) is 0 Å². The van der Waals surface area contributed by atoms with Crippen LogP contribution in [0.5, 0.6) is 0 Å². The number of carbonyl (C=O) groups is 1. The molecule has 0 aliphatic carbocycles. The Kier molecular flexibility index (Phi) is 6.20. The van der Waals surface area contributed by atoms with Crippen LogP contribution in [0.2, 0.25) is 33.0 Å². The van der Waals surface area contributed by atoms with Crippen molar-refractivity contribution in [2.24, 2.45) is 0 Å². The van der Waals surface area contributed by atoms with E-state index in [-0.39, 0.29) is 17.0 Å². The fourth-order valence-electron chi connectivity index (χ4n) is 2.62. The van der Waals surface area contributed by atoms with Gasteiger partial charge in [0.15, 0.2) is 0 Å². The third-order valence-corrected chi connectivity index (χ3v) is 15.7. The van der Waals surface area contributed by atoms with Gasteiger partial charge in [0, 0.05) is 0 Å². The quantitative estimate of drug-likeness (QED) is 0.564. The number of rotatable bonds is 5. The number of hydrogen-bond donors (Lipinski definition) is 0. The SMILES string of the molecule is CC(C)(C)[Si](C)(C)OC[C@H]1CN(c2cc[c]([Sn]([CH3])([CH3])[CH3])c(F)c2)C(=O)O1. The summed E-state index contributed by atoms with van der Waals surface area (Å²) in [7, 11) is -1.90. The van der Waals surface area contributed by atoms with Crippen LogP contribution < -0.4 is 8.48 Å². The molecule has 4 nitrogen and oxygen atoms in total. The van der Waals surface area contributed by atoms with E-state index in [1.54, 1.807) is 0 Å². The molecule has 1 atom stereocenters. The second-order valence-electron chi connectivity index (χ2n) is 9.60. The first-order chi connectivity index (χ1) is 11.7. The van der Waals surface area contributed by atoms with Crippen molar-refractivity contribution in [3.05, 3.63) is 24.0 Å². The fourth-order valence-corrected chi connectivity index (χ4v) is 7.57. The summed E-state index contributed by atoms with van der Waals surface area (Å²) in [5.74, 6) is -0.209. The topological polar surface area (TPSA) is 38.8 Å². The number of hydrogen-bond acceptors (Lipinski definition) is 3. The van der Waals surface area contributed by atoms with Crippen molar-refractivity contribution in [2.45, 2.75) is 59.8 Å². The molecule has 0 saturated carbocycles. The number of amides is 1. The average molecular weight is 488 g/mol. The van der Waals surface area contributed by atoms with Crippen molar-refractivity contribution in [1.82, 2.24) is 0 Å². The molecule has 26 heavy (non-hydrogen) atoms. The molecule has 1 heterocycles. The van der Waals surface area contributed by atoms with Gasteiger partial charge in [0.1, 0.15) is 0 Å². The molecule has 0 radical (unpaired) electrons. The Labute approximate surface area is 162 Å². The van der Waals surface area contributed by atoms with Gasteiger partial charge >= 0.3 is 162 Å². The van der Waals surface area contributed by atoms with E-state index in [9.17, 15) is 9.18 Å². The molecule has 1 aliphatic rings. The molecule has 0 N–H and O–H groups in total. The van der Waals surface area contributed by atoms with E-state index in [1.165, 1.54) is 11.0 Å². The van der Waals surface area contributed by atoms with Gasteiger partial charge in [-0.05, 0) is 0 Å². The Morgan fingerprint density at radius 2 is 1.92 bits per heavy atom. The Morgan fingerprint density at radius 3 is 2.42 bits per heavy atom. The standard InChI is InChI=1S/C16H23FNO3Si.3CH3.Sn/c1-16(2,3)22(4,5)20-11-14-10-18(15(19)21-14)13-8-6-7-12(17)9-13;;;;/h6,8-9,14H,10-11H2,1-5H3;3*1H3;/t14-;;;;/m1..../s1. The molecular weight excluding hydrogens is 456 g/mol. The predicted octanol–water partition coefficient (Wildman–Crippen LogP) is 4.72. The second kappa shape index (κ2) is 7.43. The molecule has 2 rings (SSSR count). The molecular formula is C19H32FNO3SiSn. The summed E-state index contributed by atoms with van der Waals surface area (Å²) >= 11 is -2.50. The van der Waals surface area contributed by atoms with Crippen LogP contribution in [-0.2, 0) is 9.16 Å². The summed E-state index contributed by atoms with van der Waals surface area (Å²) in [5, 5.41) is 0.104. The first-order valence-corrected chi connectivity index (χ1v) is 22.0. The van der Waals surface area contributed by atoms with Crippen LogP contribution in [0.25, 0.3) is 0 Å². The summed E-state index contributed by atoms with van der Waals surface area (Å²) in [6.07, 6.45) is -0.749. The van der Waals surface area contributed by atoms with Crippen molar-refractivity contribution < 1.29 is 18.3 Å². The zero-order valence-corrected chi connectivity index (χ0v) is 21.1. The Hall–Kier alpha value is -0.604. The van der Waals surface area contributed by atoms with E-state index in [4.69, 9.17) is 9.16 Å². The number of benzene rings is 1. The van der Waals surface area contributed by atoms with Crippen molar-refractivity contribution in [3.8, 4) is 0 Å². The van der Waals surface area contributed by atoms with Gasteiger partial charge in [-0.2, -0.15) is 0 Å². The summed E-state index contributed by atoms with van der Waals surface area (Å²) in [6, 6.07) is 5.14. The minimum atomic E-state index is -2.50. The van der Waals surface area contributed by atoms with Gasteiger partial charge in [-0.1, -0.05) is 0 Å². The van der Waals surface area contributed by atoms with Crippen molar-refractivity contribution in [2.75, 3.05) is 18.1 Å². The van der Waals surface area contributed by atoms with Crippen LogP contribution >= 0.6 is 0 Å². The van der Waals surface area contributed by atoms with Crippen molar-refractivity contribution in [3.63, 3.8) is 0 Å². The van der Waals surface area contributed by atoms with E-state index in [0.717, 1.165) is 3.58 Å². The van der Waals surface area contributed by atoms with E-state index in [1.807, 2.05) is 12.1 Å². The van der Waals surface area contributed by atoms with Gasteiger partial charge < -0.3 is 0 Å². The molecule has 1 fully saturated rings. The third-order valence-electron chi connectivity index (χ3n) is 5.38. The number of carbonyl (C=O) groups excluding carboxylic acids is 1. The molecule has 146 valence electrons. The zero-order chi connectivity index (χ0) is 19.9. The van der Waals surface area contributed by atoms with Gasteiger partial charge in [-0.15, -0.1) is 0 Å². The monoisotopic (exact) mass is 489 g/mol. The molecule has 1 aromatic carbocycles. The molecule has 1 saturated heterocycles. The maximum absolute atomic E-state index is 14.5. The van der Waals surface area contributed by atoms with Gasteiger partial charge in [-0.3, -0.25) is 0 Å². The maximum atomic E-state index is 14.5. The van der Waals surface area contributed by atoms with Crippen LogP contribution in [0.15, 0.2) is 18.2 Å². The van der Waals surface area contributed by atoms with E-state index < -0.39 is 32.8 Å². The van der Waals surface area contributed by atoms with Crippen LogP contribution in [0.1, 0.15) is 20.8 Å². The van der Waals surface area contributed by atoms with Gasteiger partial charge in [0.2, 0.25) is 0 Å². The Balaban J connectivity index is 2.08. The molecule has 0 spiro atoms. The molecule has 1 amide bonds. The third kappa shape index (κ3) is 4.81. The number of ether oxygens (including phenoxy) is 1. The van der Waals surface area contributed by atoms with Crippen LogP contribution in [-0.4, -0.2) is 52.0 Å². The normalized spacial score (nSPS) is 19.0. The minimum absolute atomic E-state index is 0.104. The summed E-state index contributed by atoms with van der Waals surface area (Å²) in [5.41, 5.74) is 0.557. The zero-order valence-electron chi connectivity index (χ0n) is 17.3. The molecule has 1 aromatic rings. The first-order valence-electron chi connectivity index (χ1n) is 9.14. The number of halogens is 1. The molecule has 0 unspecified atom stereocenters. The molecule has 7 heteroatoms. The van der Waals surface area contributed by atoms with Crippen molar-refractivity contribution in [1.29, 1.82) is 0 Å². The average Bonchev–Trinajstić information content (AvgIpc) is 2.83. The van der Waals surface area contributed by atoms with E-state index in [0.29, 0.717) is 18.8 Å². The van der Waals surface area contributed by atoms with Gasteiger partial charge in [-0.25, -0.2) is 0 Å². The number of cyclic esters (lactones) is 1. The molecule has 1 aliphatic heterocycles. The molecule has 0 aromatic heterocycles. The van der Waals surface area contributed by atoms with Gasteiger partial charge in [0.25, 0.3) is 0 Å². The summed E-state index contributed by atoms with van der Waals surface area (Å²) < 4.78 is 27.0. The number of anilines is 1. The first kappa shape index (κ1) is 21.7. The summed E-state index contributed by atoms with van der Waals surface area (Å²) in [6.45, 7) is 11.7. The van der Waals surface area contributed by atoms with Crippen LogP contribution in [0.3, 0.4) is 0 Å². The second-order valence-corrected chi connectivity index (χ2v) is 28.8. The molecule has 0 bridgehead atoms. The van der Waals surface area contributed by atoms with Crippen LogP contribution in [0.4, 0.5) is 14.9 Å². The predicted molar refractivity (Wildman–Crippen MR) is 110 cm³/mol. The summed E-state index contributed by atoms with van der Waals surface area (Å²) in [4.78, 5) is 20.3. The fraction of sp³-hybridized carbons (Fsp3) is 0.632. The van der Waals surface area contributed by atoms with E-state index in [2.05, 4.69) is 48.7 Å². The Bertz CT molecular complexity index is 682. The number of nitrogens with zero attached hydrogens (tertiary/aromatic N) is 1.